The number of aliphatic carboxylic acids is 1. The lowest BCUT2D eigenvalue weighted by Gasteiger charge is -2.36. The van der Waals surface area contributed by atoms with Gasteiger partial charge in [0, 0.05) is 5.02 Å². The van der Waals surface area contributed by atoms with Crippen molar-refractivity contribution in [3.63, 3.8) is 0 Å². The van der Waals surface area contributed by atoms with Crippen molar-refractivity contribution in [1.82, 2.24) is 0 Å². The molecule has 0 radical (unpaired) electrons. The fourth-order valence-electron chi connectivity index (χ4n) is 2.12. The monoisotopic (exact) mass is 283 g/mol. The average Bonchev–Trinajstić information content (AvgIpc) is 2.35. The highest BCUT2D eigenvalue weighted by atomic mass is 35.5. The molecule has 102 valence electrons. The normalized spacial score (nSPS) is 19.6. The molecule has 1 aliphatic rings. The largest absolute Gasteiger partial charge is 0.480 e. The summed E-state index contributed by atoms with van der Waals surface area (Å²) in [6, 6.07) is 3.91. The minimum absolute atomic E-state index is 0.305. The first-order valence-corrected chi connectivity index (χ1v) is 6.35. The number of halogens is 1. The van der Waals surface area contributed by atoms with Gasteiger partial charge in [-0.2, -0.15) is 0 Å². The van der Waals surface area contributed by atoms with E-state index in [1.807, 2.05) is 0 Å². The molecular formula is C13H14ClNO4. The maximum Gasteiger partial charge on any atom is 0.326 e. The van der Waals surface area contributed by atoms with Crippen molar-refractivity contribution in [3.05, 3.63) is 23.2 Å². The summed E-state index contributed by atoms with van der Waals surface area (Å²) in [4.78, 5) is 24.8. The van der Waals surface area contributed by atoms with Gasteiger partial charge in [0.05, 0.1) is 5.69 Å². The topological polar surface area (TPSA) is 66.8 Å². The summed E-state index contributed by atoms with van der Waals surface area (Å²) in [5.74, 6) is -0.948. The molecule has 2 atom stereocenters. The summed E-state index contributed by atoms with van der Waals surface area (Å²) in [7, 11) is 0. The van der Waals surface area contributed by atoms with Crippen molar-refractivity contribution in [2.45, 2.75) is 32.4 Å². The van der Waals surface area contributed by atoms with Crippen LogP contribution < -0.4 is 9.64 Å². The highest BCUT2D eigenvalue weighted by Gasteiger charge is 2.38. The summed E-state index contributed by atoms with van der Waals surface area (Å²) in [5.41, 5.74) is 0.407. The summed E-state index contributed by atoms with van der Waals surface area (Å²) in [6.45, 7) is 3.32. The second-order valence-corrected chi connectivity index (χ2v) is 4.78. The Hall–Kier alpha value is -1.75. The minimum atomic E-state index is -1.05. The molecule has 0 saturated carbocycles. The van der Waals surface area contributed by atoms with Gasteiger partial charge in [-0.05, 0) is 31.5 Å². The van der Waals surface area contributed by atoms with Crippen LogP contribution in [0.2, 0.25) is 5.02 Å². The molecule has 1 aliphatic heterocycles. The highest BCUT2D eigenvalue weighted by molar-refractivity contribution is 6.31. The third-order valence-electron chi connectivity index (χ3n) is 3.05. The van der Waals surface area contributed by atoms with Gasteiger partial charge in [0.15, 0.2) is 6.10 Å². The molecule has 5 nitrogen and oxygen atoms in total. The lowest BCUT2D eigenvalue weighted by atomic mass is 10.1. The number of hydrogen-bond donors (Lipinski definition) is 1. The molecule has 2 unspecified atom stereocenters. The van der Waals surface area contributed by atoms with Crippen molar-refractivity contribution in [2.75, 3.05) is 4.90 Å². The van der Waals surface area contributed by atoms with Crippen molar-refractivity contribution >= 4 is 29.2 Å². The number of carbonyl (C=O) groups is 2. The lowest BCUT2D eigenvalue weighted by Crippen LogP contribution is -2.52. The molecule has 0 saturated heterocycles. The van der Waals surface area contributed by atoms with E-state index in [0.29, 0.717) is 22.9 Å². The zero-order valence-corrected chi connectivity index (χ0v) is 11.3. The number of carboxylic acids is 1. The number of carboxylic acid groups (broad SMARTS) is 1. The lowest BCUT2D eigenvalue weighted by molar-refractivity contribution is -0.141. The molecule has 19 heavy (non-hydrogen) atoms. The Morgan fingerprint density at radius 3 is 2.84 bits per heavy atom. The molecule has 1 aromatic rings. The number of benzene rings is 1. The van der Waals surface area contributed by atoms with Crippen molar-refractivity contribution in [2.24, 2.45) is 0 Å². The van der Waals surface area contributed by atoms with E-state index in [4.69, 9.17) is 16.3 Å². The molecule has 0 fully saturated rings. The van der Waals surface area contributed by atoms with Crippen LogP contribution >= 0.6 is 11.6 Å². The van der Waals surface area contributed by atoms with Crippen molar-refractivity contribution < 1.29 is 19.4 Å². The van der Waals surface area contributed by atoms with E-state index in [1.54, 1.807) is 32.0 Å². The van der Waals surface area contributed by atoms with Crippen LogP contribution in [0.25, 0.3) is 0 Å². The predicted octanol–water partition coefficient (Wildman–Crippen LogP) is 2.32. The van der Waals surface area contributed by atoms with Crippen molar-refractivity contribution in [3.8, 4) is 5.75 Å². The molecule has 2 rings (SSSR count). The van der Waals surface area contributed by atoms with Gasteiger partial charge in [0.1, 0.15) is 11.8 Å². The van der Waals surface area contributed by atoms with E-state index in [1.165, 1.54) is 4.90 Å². The van der Waals surface area contributed by atoms with Gasteiger partial charge in [-0.3, -0.25) is 9.69 Å². The number of anilines is 1. The predicted molar refractivity (Wildman–Crippen MR) is 70.7 cm³/mol. The zero-order chi connectivity index (χ0) is 14.2. The molecule has 0 aliphatic carbocycles. The van der Waals surface area contributed by atoms with Crippen LogP contribution in [-0.4, -0.2) is 29.1 Å². The van der Waals surface area contributed by atoms with Gasteiger partial charge in [0.2, 0.25) is 0 Å². The Labute approximate surface area is 115 Å². The number of rotatable bonds is 3. The Morgan fingerprint density at radius 1 is 1.58 bits per heavy atom. The molecule has 1 heterocycles. The van der Waals surface area contributed by atoms with Gasteiger partial charge in [-0.25, -0.2) is 4.79 Å². The molecule has 1 aromatic carbocycles. The highest BCUT2D eigenvalue weighted by Crippen LogP contribution is 2.37. The molecule has 6 heteroatoms. The molecule has 0 spiro atoms. The second kappa shape index (κ2) is 5.09. The number of hydrogen-bond acceptors (Lipinski definition) is 3. The summed E-state index contributed by atoms with van der Waals surface area (Å²) in [5, 5.41) is 9.68. The summed E-state index contributed by atoms with van der Waals surface area (Å²) < 4.78 is 5.46. The number of fused-ring (bicyclic) bond motifs is 1. The van der Waals surface area contributed by atoms with E-state index in [9.17, 15) is 14.7 Å². The van der Waals surface area contributed by atoms with Crippen LogP contribution in [-0.2, 0) is 9.59 Å². The first-order chi connectivity index (χ1) is 8.95. The van der Waals surface area contributed by atoms with Gasteiger partial charge in [-0.1, -0.05) is 18.5 Å². The van der Waals surface area contributed by atoms with Crippen LogP contribution in [0.3, 0.4) is 0 Å². The Kier molecular flexibility index (Phi) is 3.66. The maximum atomic E-state index is 12.2. The van der Waals surface area contributed by atoms with E-state index in [0.717, 1.165) is 0 Å². The van der Waals surface area contributed by atoms with Gasteiger partial charge >= 0.3 is 5.97 Å². The Balaban J connectivity index is 2.55. The van der Waals surface area contributed by atoms with Crippen LogP contribution in [0.15, 0.2) is 18.2 Å². The SMILES string of the molecule is CCC(C(=O)O)N1C(=O)C(C)Oc2ccc(Cl)cc21. The molecule has 0 bridgehead atoms. The quantitative estimate of drug-likeness (QED) is 0.924. The van der Waals surface area contributed by atoms with Crippen LogP contribution in [0.4, 0.5) is 5.69 Å². The third kappa shape index (κ3) is 2.38. The molecule has 0 aromatic heterocycles. The van der Waals surface area contributed by atoms with Crippen LogP contribution in [0.1, 0.15) is 20.3 Å². The average molecular weight is 284 g/mol. The number of carbonyl (C=O) groups excluding carboxylic acids is 1. The fourth-order valence-corrected chi connectivity index (χ4v) is 2.29. The smallest absolute Gasteiger partial charge is 0.326 e. The summed E-state index contributed by atoms with van der Waals surface area (Å²) >= 11 is 5.91. The summed E-state index contributed by atoms with van der Waals surface area (Å²) in [6.07, 6.45) is -0.401. The van der Waals surface area contributed by atoms with Gasteiger partial charge in [-0.15, -0.1) is 0 Å². The third-order valence-corrected chi connectivity index (χ3v) is 3.29. The number of ether oxygens (including phenoxy) is 1. The van der Waals surface area contributed by atoms with Crippen molar-refractivity contribution in [1.29, 1.82) is 0 Å². The first-order valence-electron chi connectivity index (χ1n) is 5.97. The standard InChI is InChI=1S/C13H14ClNO4/c1-3-9(13(17)18)15-10-6-8(14)4-5-11(10)19-7(2)12(15)16/h4-7,9H,3H2,1-2H3,(H,17,18). The van der Waals surface area contributed by atoms with E-state index < -0.39 is 18.1 Å². The Bertz CT molecular complexity index is 531. The molecule has 1 amide bonds. The molecular weight excluding hydrogens is 270 g/mol. The van der Waals surface area contributed by atoms with E-state index in [-0.39, 0.29) is 5.91 Å². The number of amides is 1. The first kappa shape index (κ1) is 13.7. The van der Waals surface area contributed by atoms with E-state index >= 15 is 0 Å². The minimum Gasteiger partial charge on any atom is -0.480 e. The molecule has 1 N–H and O–H groups in total. The fraction of sp³-hybridized carbons (Fsp3) is 0.385. The van der Waals surface area contributed by atoms with Gasteiger partial charge < -0.3 is 9.84 Å². The second-order valence-electron chi connectivity index (χ2n) is 4.34. The van der Waals surface area contributed by atoms with E-state index in [2.05, 4.69) is 0 Å². The van der Waals surface area contributed by atoms with Crippen LogP contribution in [0, 0.1) is 0 Å². The van der Waals surface area contributed by atoms with Gasteiger partial charge in [0.25, 0.3) is 5.91 Å². The van der Waals surface area contributed by atoms with Crippen LogP contribution in [0.5, 0.6) is 5.75 Å². The Morgan fingerprint density at radius 2 is 2.26 bits per heavy atom. The zero-order valence-electron chi connectivity index (χ0n) is 10.6. The number of nitrogens with zero attached hydrogens (tertiary/aromatic N) is 1. The maximum absolute atomic E-state index is 12.2.